The number of benzene rings is 1. The summed E-state index contributed by atoms with van der Waals surface area (Å²) in [7, 11) is 0. The molecule has 132 valence electrons. The van der Waals surface area contributed by atoms with Crippen molar-refractivity contribution in [3.8, 4) is 0 Å². The van der Waals surface area contributed by atoms with Gasteiger partial charge in [-0.05, 0) is 37.4 Å². The summed E-state index contributed by atoms with van der Waals surface area (Å²) in [5, 5.41) is 0. The second-order valence-electron chi connectivity index (χ2n) is 4.88. The van der Waals surface area contributed by atoms with E-state index in [9.17, 15) is 0 Å². The maximum absolute atomic E-state index is 4.00. The summed E-state index contributed by atoms with van der Waals surface area (Å²) in [5.74, 6) is 0. The molecule has 0 radical (unpaired) electrons. The molecule has 1 aliphatic carbocycles. The molecule has 0 saturated heterocycles. The zero-order valence-electron chi connectivity index (χ0n) is 11.2. The molecule has 2 unspecified atom stereocenters. The van der Waals surface area contributed by atoms with Crippen LogP contribution in [-0.2, 0) is 0 Å². The van der Waals surface area contributed by atoms with Crippen LogP contribution in [0.4, 0.5) is 0 Å². The van der Waals surface area contributed by atoms with Gasteiger partial charge in [0.25, 0.3) is 0 Å². The van der Waals surface area contributed by atoms with Crippen LogP contribution < -0.4 is 0 Å². The topological polar surface area (TPSA) is 0 Å². The summed E-state index contributed by atoms with van der Waals surface area (Å²) < 4.78 is 0.833. The molecule has 0 fully saturated rings. The summed E-state index contributed by atoms with van der Waals surface area (Å²) in [6.45, 7) is 0. The quantitative estimate of drug-likeness (QED) is 0.259. The fourth-order valence-corrected chi connectivity index (χ4v) is 11.9. The highest BCUT2D eigenvalue weighted by atomic mass is 79.9. The van der Waals surface area contributed by atoms with E-state index in [2.05, 4.69) is 171 Å². The predicted molar refractivity (Wildman–Crippen MR) is 142 cm³/mol. The van der Waals surface area contributed by atoms with Gasteiger partial charge in [-0.2, -0.15) is 0 Å². The van der Waals surface area contributed by atoms with Crippen molar-refractivity contribution in [2.75, 3.05) is 0 Å². The fourth-order valence-electron chi connectivity index (χ4n) is 2.27. The maximum atomic E-state index is 4.00. The summed E-state index contributed by atoms with van der Waals surface area (Å²) >= 11 is 37.9. The lowest BCUT2D eigenvalue weighted by Crippen LogP contribution is -2.59. The summed E-state index contributed by atoms with van der Waals surface area (Å²) in [6, 6.07) is 10.1. The van der Waals surface area contributed by atoms with E-state index in [1.165, 1.54) is 0 Å². The summed E-state index contributed by atoms with van der Waals surface area (Å²) in [5.41, 5.74) is 2.06. The van der Waals surface area contributed by atoms with Gasteiger partial charge in [-0.1, -0.05) is 158 Å². The Hall–Kier alpha value is 3.50. The van der Waals surface area contributed by atoms with Crippen LogP contribution in [0.2, 0.25) is 0 Å². The number of halogens is 10. The number of rotatable bonds is 2. The third-order valence-electron chi connectivity index (χ3n) is 3.50. The smallest absolute Gasteiger partial charge is 0.0807 e. The number of hydrogen-bond donors (Lipinski definition) is 0. The third kappa shape index (κ3) is 3.80. The molecule has 1 aromatic rings. The molecular weight excluding hydrogens is 967 g/mol. The largest absolute Gasteiger partial charge is 0.131 e. The Morgan fingerprint density at radius 1 is 0.875 bits per heavy atom. The van der Waals surface area contributed by atoms with E-state index in [4.69, 9.17) is 0 Å². The van der Waals surface area contributed by atoms with Crippen LogP contribution in [0.3, 0.4) is 0 Å². The number of alkyl halides is 6. The highest BCUT2D eigenvalue weighted by Gasteiger charge is 2.67. The van der Waals surface area contributed by atoms with Gasteiger partial charge in [0.05, 0.1) is 8.22 Å². The first-order chi connectivity index (χ1) is 10.9. The van der Waals surface area contributed by atoms with Gasteiger partial charge in [0.15, 0.2) is 0 Å². The van der Waals surface area contributed by atoms with Crippen molar-refractivity contribution in [1.82, 2.24) is 0 Å². The lowest BCUT2D eigenvalue weighted by Gasteiger charge is -2.53. The van der Waals surface area contributed by atoms with Gasteiger partial charge < -0.3 is 0 Å². The van der Waals surface area contributed by atoms with Crippen LogP contribution in [0.5, 0.6) is 0 Å². The standard InChI is InChI=1S/C14H6Br10/c15-8-9(16)12(20,14(23,24)13(21,22)10(8)17)7(11(18)19)6-4-2-1-3-5-6/h1-5,10H. The van der Waals surface area contributed by atoms with Gasteiger partial charge in [-0.3, -0.25) is 0 Å². The summed E-state index contributed by atoms with van der Waals surface area (Å²) in [6.07, 6.45) is 0. The minimum Gasteiger partial charge on any atom is -0.0807 e. The lowest BCUT2D eigenvalue weighted by atomic mass is 9.85. The van der Waals surface area contributed by atoms with Crippen LogP contribution in [0.15, 0.2) is 42.7 Å². The van der Waals surface area contributed by atoms with Crippen molar-refractivity contribution in [2.24, 2.45) is 0 Å². The van der Waals surface area contributed by atoms with Crippen molar-refractivity contribution < 1.29 is 0 Å². The van der Waals surface area contributed by atoms with E-state index >= 15 is 0 Å². The third-order valence-corrected chi connectivity index (χ3v) is 19.3. The van der Waals surface area contributed by atoms with E-state index in [0.717, 1.165) is 23.5 Å². The van der Waals surface area contributed by atoms with Crippen molar-refractivity contribution in [3.05, 3.63) is 48.3 Å². The number of allylic oxidation sites excluding steroid dienone is 3. The van der Waals surface area contributed by atoms with Crippen LogP contribution in [-0.4, -0.2) is 15.6 Å². The average Bonchev–Trinajstić information content (AvgIpc) is 2.51. The van der Waals surface area contributed by atoms with E-state index < -0.39 is 10.8 Å². The predicted octanol–water partition coefficient (Wildman–Crippen LogP) is 10.0. The molecule has 0 saturated carbocycles. The summed E-state index contributed by atoms with van der Waals surface area (Å²) in [4.78, 5) is -0.0464. The van der Waals surface area contributed by atoms with Gasteiger partial charge in [0, 0.05) is 14.5 Å². The SMILES string of the molecule is BrC(Br)=C(c1ccccc1)C1(Br)C(Br)=C(Br)C(Br)C(Br)(Br)C1(Br)Br. The molecule has 0 bridgehead atoms. The normalized spacial score (nSPS) is 28.7. The highest BCUT2D eigenvalue weighted by Crippen LogP contribution is 2.71. The molecule has 1 aliphatic rings. The van der Waals surface area contributed by atoms with Crippen molar-refractivity contribution in [2.45, 2.75) is 15.6 Å². The van der Waals surface area contributed by atoms with E-state index in [1.807, 2.05) is 18.2 Å². The Labute approximate surface area is 225 Å². The van der Waals surface area contributed by atoms with Gasteiger partial charge >= 0.3 is 0 Å². The molecule has 0 aromatic heterocycles. The van der Waals surface area contributed by atoms with Gasteiger partial charge in [-0.15, -0.1) is 0 Å². The molecule has 2 atom stereocenters. The zero-order chi connectivity index (χ0) is 18.5. The highest BCUT2D eigenvalue weighted by molar-refractivity contribution is 9.31. The van der Waals surface area contributed by atoms with E-state index in [1.54, 1.807) is 0 Å². The van der Waals surface area contributed by atoms with E-state index in [-0.39, 0.29) is 4.83 Å². The Bertz CT molecular complexity index is 702. The van der Waals surface area contributed by atoms with Crippen molar-refractivity contribution >= 4 is 165 Å². The molecule has 0 heterocycles. The Balaban J connectivity index is 2.89. The second-order valence-corrected chi connectivity index (χ2v) is 18.3. The monoisotopic (exact) mass is 963 g/mol. The van der Waals surface area contributed by atoms with Crippen LogP contribution in [0.25, 0.3) is 5.57 Å². The van der Waals surface area contributed by atoms with Crippen molar-refractivity contribution in [3.63, 3.8) is 0 Å². The first-order valence-electron chi connectivity index (χ1n) is 6.16. The second kappa shape index (κ2) is 8.70. The van der Waals surface area contributed by atoms with Crippen molar-refractivity contribution in [1.29, 1.82) is 0 Å². The molecule has 10 heteroatoms. The molecule has 24 heavy (non-hydrogen) atoms. The van der Waals surface area contributed by atoms with Crippen LogP contribution in [0.1, 0.15) is 5.56 Å². The molecule has 0 spiro atoms. The Kier molecular flexibility index (Phi) is 8.62. The maximum Gasteiger partial charge on any atom is 0.131 e. The minimum atomic E-state index is -0.681. The Morgan fingerprint density at radius 2 is 1.38 bits per heavy atom. The molecule has 2 rings (SSSR count). The first-order valence-corrected chi connectivity index (χ1v) is 14.2. The molecule has 1 aromatic carbocycles. The van der Waals surface area contributed by atoms with Crippen LogP contribution in [0, 0.1) is 0 Å². The molecule has 0 amide bonds. The van der Waals surface area contributed by atoms with Gasteiger partial charge in [-0.25, -0.2) is 0 Å². The number of hydrogen-bond acceptors (Lipinski definition) is 0. The minimum absolute atomic E-state index is 0.0464. The molecule has 0 nitrogen and oxygen atoms in total. The average molecular weight is 973 g/mol. The Morgan fingerprint density at radius 3 is 1.83 bits per heavy atom. The van der Waals surface area contributed by atoms with E-state index in [0.29, 0.717) is 0 Å². The molecule has 0 N–H and O–H groups in total. The zero-order valence-corrected chi connectivity index (χ0v) is 27.1. The molecule has 0 aliphatic heterocycles. The van der Waals surface area contributed by atoms with Crippen LogP contribution >= 0.6 is 159 Å². The molecular formula is C14H6Br10. The fraction of sp³-hybridized carbons (Fsp3) is 0.286. The van der Waals surface area contributed by atoms with Gasteiger partial charge in [0.2, 0.25) is 0 Å². The first kappa shape index (κ1) is 23.8. The lowest BCUT2D eigenvalue weighted by molar-refractivity contribution is 0.682. The van der Waals surface area contributed by atoms with Gasteiger partial charge in [0.1, 0.15) is 10.8 Å².